The third-order valence-corrected chi connectivity index (χ3v) is 3.41. The Labute approximate surface area is 126 Å². The summed E-state index contributed by atoms with van der Waals surface area (Å²) in [5.41, 5.74) is -0.562. The van der Waals surface area contributed by atoms with Crippen molar-refractivity contribution >= 4 is 0 Å². The molecule has 0 amide bonds. The van der Waals surface area contributed by atoms with Gasteiger partial charge in [0.05, 0.1) is 13.1 Å². The maximum Gasteiger partial charge on any atom is 0.137 e. The Hall–Kier alpha value is -2.61. The molecule has 114 valence electrons. The van der Waals surface area contributed by atoms with Crippen molar-refractivity contribution in [2.24, 2.45) is 0 Å². The van der Waals surface area contributed by atoms with Crippen LogP contribution in [0.2, 0.25) is 0 Å². The van der Waals surface area contributed by atoms with Crippen molar-refractivity contribution in [2.75, 3.05) is 0 Å². The summed E-state index contributed by atoms with van der Waals surface area (Å²) in [6, 6.07) is 4.73. The quantitative estimate of drug-likeness (QED) is 0.757. The Balaban J connectivity index is 2.01. The standard InChI is InChI=1S/C14H15FN6O/c1-11-2-3-12(13(15)4-11)14(22,5-20-9-16-7-18-20)6-21-10-17-8-19-21/h2-4,7-10,22H,5-6H2,1H3. The fourth-order valence-electron chi connectivity index (χ4n) is 2.38. The number of benzene rings is 1. The molecule has 0 aliphatic rings. The maximum atomic E-state index is 14.4. The summed E-state index contributed by atoms with van der Waals surface area (Å²) < 4.78 is 17.3. The fourth-order valence-corrected chi connectivity index (χ4v) is 2.38. The van der Waals surface area contributed by atoms with E-state index in [0.717, 1.165) is 5.56 Å². The zero-order chi connectivity index (χ0) is 15.6. The molecule has 8 heteroatoms. The number of rotatable bonds is 5. The minimum Gasteiger partial charge on any atom is -0.381 e. The zero-order valence-corrected chi connectivity index (χ0v) is 12.0. The lowest BCUT2D eigenvalue weighted by molar-refractivity contribution is -0.00849. The van der Waals surface area contributed by atoms with Crippen LogP contribution < -0.4 is 0 Å². The van der Waals surface area contributed by atoms with E-state index in [1.165, 1.54) is 40.7 Å². The lowest BCUT2D eigenvalue weighted by Gasteiger charge is -2.28. The molecule has 0 saturated heterocycles. The van der Waals surface area contributed by atoms with Gasteiger partial charge in [0.25, 0.3) is 0 Å². The van der Waals surface area contributed by atoms with Gasteiger partial charge in [-0.25, -0.2) is 23.7 Å². The van der Waals surface area contributed by atoms with Gasteiger partial charge in [-0.3, -0.25) is 0 Å². The van der Waals surface area contributed by atoms with Gasteiger partial charge in [0.2, 0.25) is 0 Å². The van der Waals surface area contributed by atoms with Gasteiger partial charge < -0.3 is 5.11 Å². The number of aliphatic hydroxyl groups is 1. The van der Waals surface area contributed by atoms with Crippen LogP contribution in [0.5, 0.6) is 0 Å². The number of nitrogens with zero attached hydrogens (tertiary/aromatic N) is 6. The van der Waals surface area contributed by atoms with Crippen LogP contribution >= 0.6 is 0 Å². The second-order valence-electron chi connectivity index (χ2n) is 5.20. The van der Waals surface area contributed by atoms with E-state index in [4.69, 9.17) is 0 Å². The number of aromatic nitrogens is 6. The second-order valence-corrected chi connectivity index (χ2v) is 5.20. The average molecular weight is 302 g/mol. The summed E-state index contributed by atoms with van der Waals surface area (Å²) >= 11 is 0. The van der Waals surface area contributed by atoms with Gasteiger partial charge in [0, 0.05) is 5.56 Å². The fraction of sp³-hybridized carbons (Fsp3) is 0.286. The summed E-state index contributed by atoms with van der Waals surface area (Å²) in [4.78, 5) is 7.69. The lowest BCUT2D eigenvalue weighted by Crippen LogP contribution is -2.37. The summed E-state index contributed by atoms with van der Waals surface area (Å²) in [5, 5.41) is 19.0. The van der Waals surface area contributed by atoms with E-state index in [0.29, 0.717) is 0 Å². The molecule has 7 nitrogen and oxygen atoms in total. The second kappa shape index (κ2) is 5.64. The van der Waals surface area contributed by atoms with Crippen LogP contribution in [0.4, 0.5) is 4.39 Å². The van der Waals surface area contributed by atoms with E-state index in [9.17, 15) is 9.50 Å². The van der Waals surface area contributed by atoms with Gasteiger partial charge in [-0.05, 0) is 18.6 Å². The average Bonchev–Trinajstić information content (AvgIpc) is 3.12. The Kier molecular flexibility index (Phi) is 3.68. The topological polar surface area (TPSA) is 81.6 Å². The predicted molar refractivity (Wildman–Crippen MR) is 75.1 cm³/mol. The third-order valence-electron chi connectivity index (χ3n) is 3.41. The molecule has 0 aliphatic carbocycles. The minimum atomic E-state index is -1.53. The molecule has 2 heterocycles. The molecule has 0 unspecified atom stereocenters. The van der Waals surface area contributed by atoms with E-state index in [2.05, 4.69) is 20.2 Å². The van der Waals surface area contributed by atoms with Crippen LogP contribution in [-0.4, -0.2) is 34.6 Å². The first kappa shape index (κ1) is 14.3. The first-order valence-electron chi connectivity index (χ1n) is 6.71. The number of hydrogen-bond donors (Lipinski definition) is 1. The molecule has 0 atom stereocenters. The lowest BCUT2D eigenvalue weighted by atomic mass is 9.92. The van der Waals surface area contributed by atoms with Crippen LogP contribution in [0.3, 0.4) is 0 Å². The highest BCUT2D eigenvalue weighted by atomic mass is 19.1. The Morgan fingerprint density at radius 2 is 1.68 bits per heavy atom. The summed E-state index contributed by atoms with van der Waals surface area (Å²) in [6.45, 7) is 1.89. The molecular formula is C14H15FN6O. The molecule has 0 fully saturated rings. The van der Waals surface area contributed by atoms with Crippen LogP contribution in [0.15, 0.2) is 43.5 Å². The number of aryl methyl sites for hydroxylation is 1. The van der Waals surface area contributed by atoms with Gasteiger partial charge in [-0.2, -0.15) is 10.2 Å². The molecule has 3 rings (SSSR count). The van der Waals surface area contributed by atoms with Crippen molar-refractivity contribution in [1.82, 2.24) is 29.5 Å². The summed E-state index contributed by atoms with van der Waals surface area (Å²) in [7, 11) is 0. The van der Waals surface area contributed by atoms with Crippen molar-refractivity contribution in [3.63, 3.8) is 0 Å². The molecule has 1 N–H and O–H groups in total. The largest absolute Gasteiger partial charge is 0.381 e. The highest BCUT2D eigenvalue weighted by molar-refractivity contribution is 5.28. The van der Waals surface area contributed by atoms with Crippen molar-refractivity contribution in [2.45, 2.75) is 25.6 Å². The van der Waals surface area contributed by atoms with Gasteiger partial charge >= 0.3 is 0 Å². The van der Waals surface area contributed by atoms with E-state index >= 15 is 0 Å². The molecule has 0 saturated carbocycles. The highest BCUT2D eigenvalue weighted by Crippen LogP contribution is 2.28. The Morgan fingerprint density at radius 1 is 1.09 bits per heavy atom. The molecule has 0 spiro atoms. The third kappa shape index (κ3) is 2.86. The predicted octanol–water partition coefficient (Wildman–Crippen LogP) is 0.905. The molecule has 0 aliphatic heterocycles. The molecule has 3 aromatic rings. The molecule has 22 heavy (non-hydrogen) atoms. The van der Waals surface area contributed by atoms with Gasteiger partial charge in [0.1, 0.15) is 36.7 Å². The monoisotopic (exact) mass is 302 g/mol. The Bertz CT molecular complexity index is 705. The highest BCUT2D eigenvalue weighted by Gasteiger charge is 2.34. The van der Waals surface area contributed by atoms with Crippen molar-refractivity contribution in [3.05, 3.63) is 60.5 Å². The van der Waals surface area contributed by atoms with Crippen LogP contribution in [0.1, 0.15) is 11.1 Å². The minimum absolute atomic E-state index is 0.0485. The van der Waals surface area contributed by atoms with Gasteiger partial charge in [-0.1, -0.05) is 12.1 Å². The molecule has 0 bridgehead atoms. The Morgan fingerprint density at radius 3 is 2.14 bits per heavy atom. The molecule has 1 aromatic carbocycles. The van der Waals surface area contributed by atoms with Crippen molar-refractivity contribution in [3.8, 4) is 0 Å². The summed E-state index contributed by atoms with van der Waals surface area (Å²) in [5.74, 6) is -0.470. The van der Waals surface area contributed by atoms with Crippen LogP contribution in [0, 0.1) is 12.7 Å². The van der Waals surface area contributed by atoms with Gasteiger partial charge in [-0.15, -0.1) is 0 Å². The molecular weight excluding hydrogens is 287 g/mol. The number of halogens is 1. The zero-order valence-electron chi connectivity index (χ0n) is 12.0. The van der Waals surface area contributed by atoms with E-state index in [1.54, 1.807) is 19.1 Å². The maximum absolute atomic E-state index is 14.4. The van der Waals surface area contributed by atoms with E-state index in [1.807, 2.05) is 0 Å². The van der Waals surface area contributed by atoms with Crippen LogP contribution in [0.25, 0.3) is 0 Å². The summed E-state index contributed by atoms with van der Waals surface area (Å²) in [6.07, 6.45) is 5.67. The van der Waals surface area contributed by atoms with Crippen molar-refractivity contribution in [1.29, 1.82) is 0 Å². The SMILES string of the molecule is Cc1ccc(C(O)(Cn2cncn2)Cn2cncn2)c(F)c1. The van der Waals surface area contributed by atoms with E-state index < -0.39 is 11.4 Å². The molecule has 2 aromatic heterocycles. The first-order chi connectivity index (χ1) is 10.6. The van der Waals surface area contributed by atoms with Crippen molar-refractivity contribution < 1.29 is 9.50 Å². The number of hydrogen-bond acceptors (Lipinski definition) is 5. The van der Waals surface area contributed by atoms with E-state index in [-0.39, 0.29) is 18.7 Å². The normalized spacial score (nSPS) is 11.8. The van der Waals surface area contributed by atoms with Crippen LogP contribution in [-0.2, 0) is 18.7 Å². The smallest absolute Gasteiger partial charge is 0.137 e. The first-order valence-corrected chi connectivity index (χ1v) is 6.71. The van der Waals surface area contributed by atoms with Gasteiger partial charge in [0.15, 0.2) is 0 Å². The molecule has 0 radical (unpaired) electrons.